The lowest BCUT2D eigenvalue weighted by molar-refractivity contribution is -0.119. The normalized spacial score (nSPS) is 10.7. The van der Waals surface area contributed by atoms with Crippen molar-refractivity contribution in [2.24, 2.45) is 0 Å². The maximum atomic E-state index is 5.16. The summed E-state index contributed by atoms with van der Waals surface area (Å²) >= 11 is 6.54. The first kappa shape index (κ1) is 21.1. The van der Waals surface area contributed by atoms with Crippen molar-refractivity contribution in [2.75, 3.05) is 37.1 Å². The number of ether oxygens (including phenoxy) is 4. The zero-order chi connectivity index (χ0) is 14.2. The molecule has 18 heavy (non-hydrogen) atoms. The van der Waals surface area contributed by atoms with E-state index in [9.17, 15) is 0 Å². The molecule has 112 valence electrons. The van der Waals surface area contributed by atoms with Gasteiger partial charge in [0.05, 0.1) is 10.7 Å². The fourth-order valence-electron chi connectivity index (χ4n) is 1.02. The van der Waals surface area contributed by atoms with E-state index in [0.29, 0.717) is 26.4 Å². The maximum Gasteiger partial charge on any atom is 0.167 e. The number of rotatable bonds is 10. The lowest BCUT2D eigenvalue weighted by Gasteiger charge is -2.12. The van der Waals surface area contributed by atoms with Gasteiger partial charge in [-0.2, -0.15) is 0 Å². The molecule has 0 aromatic carbocycles. The van der Waals surface area contributed by atoms with Gasteiger partial charge in [-0.25, -0.2) is 0 Å². The van der Waals surface area contributed by atoms with Crippen molar-refractivity contribution >= 4 is 31.9 Å². The Bertz CT molecular complexity index is 122. The van der Waals surface area contributed by atoms with Gasteiger partial charge in [0.25, 0.3) is 0 Å². The van der Waals surface area contributed by atoms with E-state index >= 15 is 0 Å². The van der Waals surface area contributed by atoms with Gasteiger partial charge >= 0.3 is 0 Å². The molecule has 0 saturated carbocycles. The van der Waals surface area contributed by atoms with E-state index in [1.165, 1.54) is 0 Å². The topological polar surface area (TPSA) is 36.9 Å². The highest BCUT2D eigenvalue weighted by Gasteiger charge is 2.03. The first-order valence-corrected chi connectivity index (χ1v) is 8.52. The largest absolute Gasteiger partial charge is 0.352 e. The molecule has 0 spiro atoms. The first-order chi connectivity index (χ1) is 8.69. The fourth-order valence-corrected chi connectivity index (χ4v) is 1.77. The van der Waals surface area contributed by atoms with Crippen LogP contribution in [0.25, 0.3) is 0 Å². The average molecular weight is 394 g/mol. The molecular weight excluding hydrogens is 368 g/mol. The summed E-state index contributed by atoms with van der Waals surface area (Å²) in [4.78, 5) is 0. The summed E-state index contributed by atoms with van der Waals surface area (Å²) in [7, 11) is 0. The van der Waals surface area contributed by atoms with Gasteiger partial charge in [0.1, 0.15) is 0 Å². The maximum absolute atomic E-state index is 5.16. The fraction of sp³-hybridized carbons (Fsp3) is 1.00. The Kier molecular flexibility index (Phi) is 20.9. The van der Waals surface area contributed by atoms with Crippen molar-refractivity contribution in [1.29, 1.82) is 0 Å². The molecule has 0 aliphatic carbocycles. The van der Waals surface area contributed by atoms with Crippen molar-refractivity contribution in [1.82, 2.24) is 0 Å². The molecule has 0 unspecified atom stereocenters. The van der Waals surface area contributed by atoms with Gasteiger partial charge in [0, 0.05) is 26.4 Å². The molecule has 0 aromatic rings. The van der Waals surface area contributed by atoms with Gasteiger partial charge in [-0.15, -0.1) is 0 Å². The number of alkyl halides is 2. The van der Waals surface area contributed by atoms with Crippen molar-refractivity contribution in [3.05, 3.63) is 0 Å². The zero-order valence-electron chi connectivity index (χ0n) is 11.8. The van der Waals surface area contributed by atoms with E-state index in [1.54, 1.807) is 0 Å². The summed E-state index contributed by atoms with van der Waals surface area (Å²) < 4.78 is 20.6. The van der Waals surface area contributed by atoms with Crippen LogP contribution in [0.15, 0.2) is 0 Å². The van der Waals surface area contributed by atoms with Gasteiger partial charge in [0.2, 0.25) is 0 Å². The summed E-state index contributed by atoms with van der Waals surface area (Å²) in [6, 6.07) is 0. The molecule has 0 amide bonds. The molecule has 0 aromatic heterocycles. The molecule has 0 atom stereocenters. The monoisotopic (exact) mass is 392 g/mol. The van der Waals surface area contributed by atoms with Crippen molar-refractivity contribution in [3.8, 4) is 0 Å². The van der Waals surface area contributed by atoms with Crippen LogP contribution in [0, 0.1) is 0 Å². The second kappa shape index (κ2) is 17.8. The highest BCUT2D eigenvalue weighted by atomic mass is 79.9. The third-order valence-corrected chi connectivity index (χ3v) is 2.72. The summed E-state index contributed by atoms with van der Waals surface area (Å²) in [6.45, 7) is 10.6. The first-order valence-electron chi connectivity index (χ1n) is 6.28. The quantitative estimate of drug-likeness (QED) is 0.420. The van der Waals surface area contributed by atoms with Gasteiger partial charge in [-0.3, -0.25) is 0 Å². The Morgan fingerprint density at radius 2 is 0.833 bits per heavy atom. The second-order valence-electron chi connectivity index (χ2n) is 2.99. The van der Waals surface area contributed by atoms with Crippen LogP contribution in [0.3, 0.4) is 0 Å². The molecular formula is C12H26Br2O4. The molecule has 0 aliphatic heterocycles. The molecule has 0 aliphatic rings. The van der Waals surface area contributed by atoms with Crippen molar-refractivity contribution in [2.45, 2.75) is 40.3 Å². The number of halogens is 2. The van der Waals surface area contributed by atoms with Gasteiger partial charge in [-0.05, 0) is 27.7 Å². The van der Waals surface area contributed by atoms with E-state index in [2.05, 4.69) is 31.9 Å². The van der Waals surface area contributed by atoms with Crippen molar-refractivity contribution in [3.63, 3.8) is 0 Å². The molecule has 4 nitrogen and oxygen atoms in total. The Morgan fingerprint density at radius 1 is 0.611 bits per heavy atom. The van der Waals surface area contributed by atoms with Crippen LogP contribution >= 0.6 is 31.9 Å². The van der Waals surface area contributed by atoms with E-state index < -0.39 is 0 Å². The van der Waals surface area contributed by atoms with Crippen LogP contribution in [-0.2, 0) is 18.9 Å². The minimum absolute atomic E-state index is 0.0694. The Morgan fingerprint density at radius 3 is 0.944 bits per heavy atom. The third kappa shape index (κ3) is 14.9. The molecule has 0 heterocycles. The minimum Gasteiger partial charge on any atom is -0.352 e. The van der Waals surface area contributed by atoms with Crippen molar-refractivity contribution < 1.29 is 18.9 Å². The SMILES string of the molecule is CCOC(CBr)OCC.CCOC(CBr)OCC. The lowest BCUT2D eigenvalue weighted by atomic mass is 10.7. The van der Waals surface area contributed by atoms with Crippen LogP contribution < -0.4 is 0 Å². The Hall–Kier alpha value is 0.800. The average Bonchev–Trinajstić information content (AvgIpc) is 2.39. The number of hydrogen-bond donors (Lipinski definition) is 0. The summed E-state index contributed by atoms with van der Waals surface area (Å²) in [5.74, 6) is 0. The highest BCUT2D eigenvalue weighted by Crippen LogP contribution is 1.98. The minimum atomic E-state index is -0.0694. The van der Waals surface area contributed by atoms with E-state index in [4.69, 9.17) is 18.9 Å². The summed E-state index contributed by atoms with van der Waals surface area (Å²) in [5, 5.41) is 1.49. The standard InChI is InChI=1S/2C6H13BrO2/c2*1-3-8-6(5-7)9-4-2/h2*6H,3-5H2,1-2H3. The van der Waals surface area contributed by atoms with E-state index in [1.807, 2.05) is 27.7 Å². The van der Waals surface area contributed by atoms with Gasteiger partial charge in [0.15, 0.2) is 12.6 Å². The summed E-state index contributed by atoms with van der Waals surface area (Å²) in [6.07, 6.45) is -0.139. The van der Waals surface area contributed by atoms with Crippen LogP contribution in [0.4, 0.5) is 0 Å². The molecule has 0 saturated heterocycles. The smallest absolute Gasteiger partial charge is 0.167 e. The molecule has 0 radical (unpaired) electrons. The molecule has 0 fully saturated rings. The molecule has 6 heteroatoms. The van der Waals surface area contributed by atoms with E-state index in [-0.39, 0.29) is 12.6 Å². The summed E-state index contributed by atoms with van der Waals surface area (Å²) in [5.41, 5.74) is 0. The zero-order valence-corrected chi connectivity index (χ0v) is 15.0. The van der Waals surface area contributed by atoms with Crippen LogP contribution in [0.1, 0.15) is 27.7 Å². The Labute approximate surface area is 128 Å². The molecule has 0 bridgehead atoms. The lowest BCUT2D eigenvalue weighted by Crippen LogP contribution is -2.18. The Balaban J connectivity index is 0. The van der Waals surface area contributed by atoms with Crippen LogP contribution in [0.5, 0.6) is 0 Å². The molecule has 0 rings (SSSR count). The van der Waals surface area contributed by atoms with E-state index in [0.717, 1.165) is 10.7 Å². The van der Waals surface area contributed by atoms with Gasteiger partial charge in [-0.1, -0.05) is 31.9 Å². The molecule has 0 N–H and O–H groups in total. The highest BCUT2D eigenvalue weighted by molar-refractivity contribution is 9.09. The van der Waals surface area contributed by atoms with Gasteiger partial charge < -0.3 is 18.9 Å². The third-order valence-electron chi connectivity index (χ3n) is 1.66. The predicted octanol–water partition coefficient (Wildman–Crippen LogP) is 3.56. The predicted molar refractivity (Wildman–Crippen MR) is 81.7 cm³/mol. The van der Waals surface area contributed by atoms with Crippen LogP contribution in [0.2, 0.25) is 0 Å². The second-order valence-corrected chi connectivity index (χ2v) is 4.28. The van der Waals surface area contributed by atoms with Crippen LogP contribution in [-0.4, -0.2) is 49.7 Å². The number of hydrogen-bond acceptors (Lipinski definition) is 4.